The Morgan fingerprint density at radius 3 is 2.62 bits per heavy atom. The van der Waals surface area contributed by atoms with E-state index in [4.69, 9.17) is 0 Å². The van der Waals surface area contributed by atoms with Crippen molar-refractivity contribution in [3.63, 3.8) is 0 Å². The third kappa shape index (κ3) is 4.53. The lowest BCUT2D eigenvalue weighted by Crippen LogP contribution is -2.16. The molecule has 0 aliphatic rings. The number of carbonyl (C=O) groups is 2. The molecule has 0 aliphatic carbocycles. The maximum absolute atomic E-state index is 11.8. The Bertz CT molecular complexity index is 712. The van der Waals surface area contributed by atoms with Crippen LogP contribution in [0.25, 0.3) is 0 Å². The van der Waals surface area contributed by atoms with E-state index in [2.05, 4.69) is 20.5 Å². The summed E-state index contributed by atoms with van der Waals surface area (Å²) in [5, 5.41) is 8.81. The van der Waals surface area contributed by atoms with Crippen LogP contribution in [0.4, 0.5) is 5.69 Å². The molecule has 7 nitrogen and oxygen atoms in total. The zero-order valence-corrected chi connectivity index (χ0v) is 11.9. The molecular formula is C13H12N4O3S. The van der Waals surface area contributed by atoms with Crippen LogP contribution in [0.3, 0.4) is 0 Å². The van der Waals surface area contributed by atoms with E-state index in [0.717, 1.165) is 11.8 Å². The molecule has 0 bridgehead atoms. The van der Waals surface area contributed by atoms with Crippen LogP contribution in [0.1, 0.15) is 17.3 Å². The molecule has 1 heterocycles. The number of nitrogens with one attached hydrogen (secondary N) is 2. The molecule has 0 fully saturated rings. The van der Waals surface area contributed by atoms with Crippen molar-refractivity contribution in [2.45, 2.75) is 11.9 Å². The third-order valence-corrected chi connectivity index (χ3v) is 3.37. The fourth-order valence-electron chi connectivity index (χ4n) is 1.49. The van der Waals surface area contributed by atoms with E-state index in [-0.39, 0.29) is 17.4 Å². The minimum absolute atomic E-state index is 0.0312. The lowest BCUT2D eigenvalue weighted by molar-refractivity contribution is -0.113. The van der Waals surface area contributed by atoms with Crippen molar-refractivity contribution in [1.29, 1.82) is 0 Å². The van der Waals surface area contributed by atoms with E-state index in [0.29, 0.717) is 16.3 Å². The number of hydrogen-bond acceptors (Lipinski definition) is 6. The maximum atomic E-state index is 11.8. The van der Waals surface area contributed by atoms with Crippen molar-refractivity contribution in [3.05, 3.63) is 46.5 Å². The highest BCUT2D eigenvalue weighted by atomic mass is 32.2. The van der Waals surface area contributed by atoms with Crippen LogP contribution in [-0.4, -0.2) is 32.6 Å². The number of benzene rings is 1. The highest BCUT2D eigenvalue weighted by Gasteiger charge is 2.06. The smallest absolute Gasteiger partial charge is 0.325 e. The van der Waals surface area contributed by atoms with Crippen LogP contribution in [0.5, 0.6) is 0 Å². The van der Waals surface area contributed by atoms with E-state index < -0.39 is 5.69 Å². The number of carbonyl (C=O) groups excluding carboxylic acids is 2. The fraction of sp³-hybridized carbons (Fsp3) is 0.154. The first-order valence-corrected chi connectivity index (χ1v) is 6.98. The van der Waals surface area contributed by atoms with Crippen molar-refractivity contribution in [1.82, 2.24) is 15.2 Å². The van der Waals surface area contributed by atoms with E-state index in [1.807, 2.05) is 0 Å². The molecule has 108 valence electrons. The standard InChI is InChI=1S/C13H12N4O3S/c1-8(18)9-2-4-10(5-3-9)15-11(19)7-21-12-6-14-17-13(20)16-12/h2-6H,7H2,1H3,(H,15,19)(H,16,17,20). The van der Waals surface area contributed by atoms with Crippen molar-refractivity contribution in [2.24, 2.45) is 0 Å². The van der Waals surface area contributed by atoms with Crippen LogP contribution in [-0.2, 0) is 4.79 Å². The molecule has 1 aromatic heterocycles. The minimum Gasteiger partial charge on any atom is -0.325 e. The Balaban J connectivity index is 1.89. The summed E-state index contributed by atoms with van der Waals surface area (Å²) in [5.41, 5.74) is 0.629. The van der Waals surface area contributed by atoms with Gasteiger partial charge in [0.25, 0.3) is 0 Å². The molecule has 0 saturated heterocycles. The summed E-state index contributed by atoms with van der Waals surface area (Å²) in [7, 11) is 0. The summed E-state index contributed by atoms with van der Waals surface area (Å²) >= 11 is 1.11. The zero-order valence-electron chi connectivity index (χ0n) is 11.1. The molecule has 0 saturated carbocycles. The average Bonchev–Trinajstić information content (AvgIpc) is 2.46. The number of hydrogen-bond donors (Lipinski definition) is 2. The van der Waals surface area contributed by atoms with Gasteiger partial charge in [-0.2, -0.15) is 10.1 Å². The summed E-state index contributed by atoms with van der Waals surface area (Å²) in [6, 6.07) is 6.61. The van der Waals surface area contributed by atoms with Crippen LogP contribution in [0.2, 0.25) is 0 Å². The Kier molecular flexibility index (Phi) is 4.83. The molecule has 0 spiro atoms. The summed E-state index contributed by atoms with van der Waals surface area (Å²) in [6.07, 6.45) is 1.38. The molecule has 2 aromatic rings. The van der Waals surface area contributed by atoms with Gasteiger partial charge in [0.05, 0.1) is 11.9 Å². The number of aromatic amines is 1. The number of rotatable bonds is 5. The molecule has 2 N–H and O–H groups in total. The van der Waals surface area contributed by atoms with Crippen LogP contribution in [0.15, 0.2) is 40.3 Å². The van der Waals surface area contributed by atoms with Gasteiger partial charge in [-0.25, -0.2) is 9.89 Å². The summed E-state index contributed by atoms with van der Waals surface area (Å²) < 4.78 is 0. The van der Waals surface area contributed by atoms with E-state index in [9.17, 15) is 14.4 Å². The summed E-state index contributed by atoms with van der Waals surface area (Å²) in [6.45, 7) is 1.48. The number of ketones is 1. The molecule has 1 aromatic carbocycles. The molecular weight excluding hydrogens is 292 g/mol. The van der Waals surface area contributed by atoms with Gasteiger partial charge >= 0.3 is 5.69 Å². The normalized spacial score (nSPS) is 10.1. The van der Waals surface area contributed by atoms with Crippen molar-refractivity contribution >= 4 is 29.1 Å². The predicted octanol–water partition coefficient (Wildman–Crippen LogP) is 1.10. The number of nitrogens with zero attached hydrogens (tertiary/aromatic N) is 2. The SMILES string of the molecule is CC(=O)c1ccc(NC(=O)CSc2cn[nH]c(=O)n2)cc1. The number of Topliss-reactive ketones (excluding diaryl/α,β-unsaturated/α-hetero) is 1. The van der Waals surface area contributed by atoms with Gasteiger partial charge < -0.3 is 5.32 Å². The first kappa shape index (κ1) is 14.9. The Hall–Kier alpha value is -2.48. The highest BCUT2D eigenvalue weighted by Crippen LogP contribution is 2.14. The maximum Gasteiger partial charge on any atom is 0.362 e. The fourth-order valence-corrected chi connectivity index (χ4v) is 2.12. The van der Waals surface area contributed by atoms with Crippen LogP contribution in [0, 0.1) is 0 Å². The van der Waals surface area contributed by atoms with Gasteiger partial charge in [0.15, 0.2) is 5.78 Å². The largest absolute Gasteiger partial charge is 0.362 e. The second-order valence-corrected chi connectivity index (χ2v) is 5.09. The predicted molar refractivity (Wildman–Crippen MR) is 78.5 cm³/mol. The summed E-state index contributed by atoms with van der Waals surface area (Å²) in [4.78, 5) is 37.5. The molecule has 0 unspecified atom stereocenters. The molecule has 0 atom stereocenters. The van der Waals surface area contributed by atoms with Crippen molar-refractivity contribution in [2.75, 3.05) is 11.1 Å². The van der Waals surface area contributed by atoms with Crippen LogP contribution < -0.4 is 11.0 Å². The second-order valence-electron chi connectivity index (χ2n) is 4.10. The molecule has 0 aliphatic heterocycles. The minimum atomic E-state index is -0.555. The van der Waals surface area contributed by atoms with Gasteiger partial charge in [0.2, 0.25) is 5.91 Å². The molecule has 2 rings (SSSR count). The lowest BCUT2D eigenvalue weighted by atomic mass is 10.1. The van der Waals surface area contributed by atoms with Crippen LogP contribution >= 0.6 is 11.8 Å². The van der Waals surface area contributed by atoms with E-state index >= 15 is 0 Å². The van der Waals surface area contributed by atoms with Gasteiger partial charge in [-0.15, -0.1) is 0 Å². The molecule has 0 radical (unpaired) electrons. The second kappa shape index (κ2) is 6.80. The number of H-pyrrole nitrogens is 1. The molecule has 1 amide bonds. The first-order chi connectivity index (χ1) is 10.0. The van der Waals surface area contributed by atoms with Gasteiger partial charge in [-0.3, -0.25) is 9.59 Å². The third-order valence-electron chi connectivity index (χ3n) is 2.47. The van der Waals surface area contributed by atoms with E-state index in [1.54, 1.807) is 24.3 Å². The topological polar surface area (TPSA) is 105 Å². The van der Waals surface area contributed by atoms with Crippen molar-refractivity contribution in [3.8, 4) is 0 Å². The first-order valence-electron chi connectivity index (χ1n) is 6.00. The Morgan fingerprint density at radius 2 is 2.00 bits per heavy atom. The number of amides is 1. The quantitative estimate of drug-likeness (QED) is 0.633. The Labute approximate surface area is 124 Å². The highest BCUT2D eigenvalue weighted by molar-refractivity contribution is 7.99. The molecule has 8 heteroatoms. The monoisotopic (exact) mass is 304 g/mol. The zero-order chi connectivity index (χ0) is 15.2. The van der Waals surface area contributed by atoms with E-state index in [1.165, 1.54) is 13.1 Å². The lowest BCUT2D eigenvalue weighted by Gasteiger charge is -2.05. The number of thioether (sulfide) groups is 1. The number of anilines is 1. The van der Waals surface area contributed by atoms with Gasteiger partial charge in [0.1, 0.15) is 5.03 Å². The summed E-state index contributed by atoms with van der Waals surface area (Å²) in [5.74, 6) is -0.166. The van der Waals surface area contributed by atoms with Gasteiger partial charge in [-0.05, 0) is 31.2 Å². The van der Waals surface area contributed by atoms with Crippen molar-refractivity contribution < 1.29 is 9.59 Å². The van der Waals surface area contributed by atoms with Gasteiger partial charge in [-0.1, -0.05) is 11.8 Å². The number of aromatic nitrogens is 3. The molecule has 21 heavy (non-hydrogen) atoms. The average molecular weight is 304 g/mol. The van der Waals surface area contributed by atoms with Gasteiger partial charge in [0, 0.05) is 11.3 Å². The Morgan fingerprint density at radius 1 is 1.29 bits per heavy atom.